The van der Waals surface area contributed by atoms with Crippen LogP contribution in [0.3, 0.4) is 0 Å². The van der Waals surface area contributed by atoms with E-state index in [1.807, 2.05) is 0 Å². The Morgan fingerprint density at radius 2 is 0.857 bits per heavy atom. The van der Waals surface area contributed by atoms with Crippen LogP contribution in [0.4, 0.5) is 0 Å². The molecule has 0 radical (unpaired) electrons. The average Bonchev–Trinajstić information content (AvgIpc) is 3.31. The molecule has 2 aromatic heterocycles. The standard InChI is InChI=1S/C26H16N2/c1-3-13-23-19(9-1)21-11-5-7-17(25(21)27-23)15-16-18-8-6-12-22-20-10-2-4-14-24(20)28-26(18)22/h1-14,27-28H. The van der Waals surface area contributed by atoms with Crippen LogP contribution in [0.15, 0.2) is 84.9 Å². The predicted molar refractivity (Wildman–Crippen MR) is 118 cm³/mol. The zero-order chi connectivity index (χ0) is 18.5. The Kier molecular flexibility index (Phi) is 3.12. The van der Waals surface area contributed by atoms with Gasteiger partial charge in [0.05, 0.1) is 11.0 Å². The van der Waals surface area contributed by atoms with Gasteiger partial charge in [0.25, 0.3) is 0 Å². The van der Waals surface area contributed by atoms with Crippen molar-refractivity contribution in [3.8, 4) is 11.8 Å². The van der Waals surface area contributed by atoms with Crippen LogP contribution in [-0.2, 0) is 0 Å². The molecule has 2 heterocycles. The summed E-state index contributed by atoms with van der Waals surface area (Å²) in [6.07, 6.45) is 0. The maximum atomic E-state index is 3.53. The second-order valence-corrected chi connectivity index (χ2v) is 7.05. The molecule has 6 rings (SSSR count). The summed E-state index contributed by atoms with van der Waals surface area (Å²) >= 11 is 0. The van der Waals surface area contributed by atoms with Crippen LogP contribution in [0.1, 0.15) is 11.1 Å². The first kappa shape index (κ1) is 15.1. The highest BCUT2D eigenvalue weighted by atomic mass is 14.7. The maximum absolute atomic E-state index is 3.53. The lowest BCUT2D eigenvalue weighted by Crippen LogP contribution is -1.81. The summed E-state index contributed by atoms with van der Waals surface area (Å²) in [5, 5.41) is 4.90. The largest absolute Gasteiger partial charge is 0.353 e. The number of aromatic amines is 2. The third-order valence-electron chi connectivity index (χ3n) is 5.41. The van der Waals surface area contributed by atoms with Gasteiger partial charge in [0, 0.05) is 43.7 Å². The van der Waals surface area contributed by atoms with Crippen LogP contribution in [-0.4, -0.2) is 9.97 Å². The van der Waals surface area contributed by atoms with Crippen molar-refractivity contribution in [3.63, 3.8) is 0 Å². The van der Waals surface area contributed by atoms with E-state index in [9.17, 15) is 0 Å². The second kappa shape index (κ2) is 5.77. The highest BCUT2D eigenvalue weighted by molar-refractivity contribution is 6.10. The van der Waals surface area contributed by atoms with Gasteiger partial charge in [0.2, 0.25) is 0 Å². The molecule has 6 aromatic rings. The number of benzene rings is 4. The van der Waals surface area contributed by atoms with E-state index in [1.54, 1.807) is 0 Å². The maximum Gasteiger partial charge on any atom is 0.0624 e. The lowest BCUT2D eigenvalue weighted by molar-refractivity contribution is 1.52. The Labute approximate surface area is 161 Å². The molecule has 0 fully saturated rings. The monoisotopic (exact) mass is 356 g/mol. The van der Waals surface area contributed by atoms with Crippen LogP contribution in [0.2, 0.25) is 0 Å². The molecule has 0 saturated heterocycles. The Morgan fingerprint density at radius 3 is 1.36 bits per heavy atom. The van der Waals surface area contributed by atoms with E-state index < -0.39 is 0 Å². The van der Waals surface area contributed by atoms with Crippen molar-refractivity contribution >= 4 is 43.6 Å². The first-order valence-electron chi connectivity index (χ1n) is 9.39. The summed E-state index contributed by atoms with van der Waals surface area (Å²) in [7, 11) is 0. The highest BCUT2D eigenvalue weighted by Crippen LogP contribution is 2.28. The molecule has 0 spiro atoms. The second-order valence-electron chi connectivity index (χ2n) is 7.05. The zero-order valence-electron chi connectivity index (χ0n) is 15.1. The van der Waals surface area contributed by atoms with Gasteiger partial charge in [0.1, 0.15) is 0 Å². The van der Waals surface area contributed by atoms with Gasteiger partial charge in [-0.2, -0.15) is 0 Å². The smallest absolute Gasteiger partial charge is 0.0624 e. The number of hydrogen-bond acceptors (Lipinski definition) is 0. The molecule has 0 atom stereocenters. The van der Waals surface area contributed by atoms with Gasteiger partial charge in [-0.3, -0.25) is 0 Å². The van der Waals surface area contributed by atoms with Gasteiger partial charge in [-0.15, -0.1) is 0 Å². The summed E-state index contributed by atoms with van der Waals surface area (Å²) in [5.74, 6) is 6.80. The van der Waals surface area contributed by atoms with E-state index in [-0.39, 0.29) is 0 Å². The summed E-state index contributed by atoms with van der Waals surface area (Å²) in [6.45, 7) is 0. The molecule has 4 aromatic carbocycles. The molecular weight excluding hydrogens is 340 g/mol. The molecule has 0 aliphatic carbocycles. The third kappa shape index (κ3) is 2.17. The molecule has 0 bridgehead atoms. The molecule has 2 heteroatoms. The van der Waals surface area contributed by atoms with E-state index in [2.05, 4.69) is 107 Å². The third-order valence-corrected chi connectivity index (χ3v) is 5.41. The van der Waals surface area contributed by atoms with Crippen molar-refractivity contribution in [1.29, 1.82) is 0 Å². The predicted octanol–water partition coefficient (Wildman–Crippen LogP) is 6.36. The van der Waals surface area contributed by atoms with Gasteiger partial charge in [-0.05, 0) is 24.3 Å². The van der Waals surface area contributed by atoms with Crippen LogP contribution in [0, 0.1) is 11.8 Å². The van der Waals surface area contributed by atoms with Gasteiger partial charge < -0.3 is 9.97 Å². The lowest BCUT2D eigenvalue weighted by Gasteiger charge is -1.96. The fraction of sp³-hybridized carbons (Fsp3) is 0. The normalized spacial score (nSPS) is 11.3. The van der Waals surface area contributed by atoms with Crippen molar-refractivity contribution in [2.75, 3.05) is 0 Å². The zero-order valence-corrected chi connectivity index (χ0v) is 15.1. The van der Waals surface area contributed by atoms with E-state index in [1.165, 1.54) is 21.5 Å². The molecule has 28 heavy (non-hydrogen) atoms. The summed E-state index contributed by atoms with van der Waals surface area (Å²) in [5.41, 5.74) is 6.51. The molecule has 2 nitrogen and oxygen atoms in total. The number of para-hydroxylation sites is 4. The van der Waals surface area contributed by atoms with E-state index >= 15 is 0 Å². The Balaban J connectivity index is 1.57. The Bertz CT molecular complexity index is 1450. The van der Waals surface area contributed by atoms with Crippen molar-refractivity contribution in [1.82, 2.24) is 9.97 Å². The summed E-state index contributed by atoms with van der Waals surface area (Å²) in [4.78, 5) is 7.06. The number of aromatic nitrogens is 2. The molecule has 0 aliphatic heterocycles. The van der Waals surface area contributed by atoms with Gasteiger partial charge in [-0.25, -0.2) is 0 Å². The molecule has 0 amide bonds. The van der Waals surface area contributed by atoms with Gasteiger partial charge in [-0.1, -0.05) is 72.5 Å². The van der Waals surface area contributed by atoms with Crippen LogP contribution in [0.5, 0.6) is 0 Å². The lowest BCUT2D eigenvalue weighted by atomic mass is 10.1. The average molecular weight is 356 g/mol. The fourth-order valence-corrected chi connectivity index (χ4v) is 4.09. The van der Waals surface area contributed by atoms with Crippen molar-refractivity contribution in [2.24, 2.45) is 0 Å². The van der Waals surface area contributed by atoms with Crippen LogP contribution >= 0.6 is 0 Å². The Hall–Kier alpha value is -3.96. The molecule has 0 aliphatic rings. The quantitative estimate of drug-likeness (QED) is 0.297. The van der Waals surface area contributed by atoms with Crippen molar-refractivity contribution in [2.45, 2.75) is 0 Å². The number of rotatable bonds is 0. The number of fused-ring (bicyclic) bond motifs is 6. The van der Waals surface area contributed by atoms with E-state index in [0.717, 1.165) is 33.2 Å². The molecule has 2 N–H and O–H groups in total. The minimum atomic E-state index is 1.02. The van der Waals surface area contributed by atoms with Gasteiger partial charge in [0.15, 0.2) is 0 Å². The first-order valence-corrected chi connectivity index (χ1v) is 9.39. The van der Waals surface area contributed by atoms with Crippen molar-refractivity contribution < 1.29 is 0 Å². The van der Waals surface area contributed by atoms with E-state index in [4.69, 9.17) is 0 Å². The summed E-state index contributed by atoms with van der Waals surface area (Å²) < 4.78 is 0. The molecular formula is C26H16N2. The SMILES string of the molecule is C(#Cc1cccc2c1[nH]c1ccccc12)c1cccc2c1[nH]c1ccccc12. The number of H-pyrrole nitrogens is 2. The van der Waals surface area contributed by atoms with E-state index in [0.29, 0.717) is 0 Å². The minimum Gasteiger partial charge on any atom is -0.353 e. The Morgan fingerprint density at radius 1 is 0.429 bits per heavy atom. The molecule has 0 saturated carbocycles. The fourth-order valence-electron chi connectivity index (χ4n) is 4.09. The topological polar surface area (TPSA) is 31.6 Å². The first-order chi connectivity index (χ1) is 13.9. The molecule has 130 valence electrons. The number of nitrogens with one attached hydrogen (secondary N) is 2. The summed E-state index contributed by atoms with van der Waals surface area (Å²) in [6, 6.07) is 29.4. The molecule has 0 unspecified atom stereocenters. The minimum absolute atomic E-state index is 1.02. The van der Waals surface area contributed by atoms with Crippen LogP contribution < -0.4 is 0 Å². The number of hydrogen-bond donors (Lipinski definition) is 2. The van der Waals surface area contributed by atoms with Crippen molar-refractivity contribution in [3.05, 3.63) is 96.1 Å². The van der Waals surface area contributed by atoms with Gasteiger partial charge >= 0.3 is 0 Å². The van der Waals surface area contributed by atoms with Crippen LogP contribution in [0.25, 0.3) is 43.6 Å². The highest BCUT2D eigenvalue weighted by Gasteiger charge is 2.07.